The highest BCUT2D eigenvalue weighted by molar-refractivity contribution is 6.01. The molecule has 2 rings (SSSR count). The maximum atomic E-state index is 11.9. The van der Waals surface area contributed by atoms with Gasteiger partial charge < -0.3 is 4.90 Å². The molecule has 0 aromatic heterocycles. The number of hydrogen-bond acceptors (Lipinski definition) is 2. The van der Waals surface area contributed by atoms with E-state index in [2.05, 4.69) is 17.0 Å². The SMILES string of the molecule is CN(C)CCC1C(=O)C=Cc2ccccc21. The number of nitrogens with zero attached hydrogens (tertiary/aromatic N) is 1. The van der Waals surface area contributed by atoms with Crippen molar-refractivity contribution in [2.45, 2.75) is 12.3 Å². The van der Waals surface area contributed by atoms with Crippen molar-refractivity contribution in [2.24, 2.45) is 0 Å². The van der Waals surface area contributed by atoms with Gasteiger partial charge in [-0.05, 0) is 44.3 Å². The Bertz CT molecular complexity index is 420. The monoisotopic (exact) mass is 215 g/mol. The van der Waals surface area contributed by atoms with Crippen LogP contribution in [0.4, 0.5) is 0 Å². The molecule has 0 amide bonds. The third-order valence-electron chi connectivity index (χ3n) is 3.01. The molecule has 0 heterocycles. The minimum atomic E-state index is 0.0450. The van der Waals surface area contributed by atoms with Crippen molar-refractivity contribution in [2.75, 3.05) is 20.6 Å². The van der Waals surface area contributed by atoms with Crippen LogP contribution >= 0.6 is 0 Å². The zero-order chi connectivity index (χ0) is 11.5. The van der Waals surface area contributed by atoms with Crippen LogP contribution in [0.15, 0.2) is 30.3 Å². The molecule has 0 spiro atoms. The second kappa shape index (κ2) is 4.62. The first-order valence-corrected chi connectivity index (χ1v) is 5.64. The maximum Gasteiger partial charge on any atom is 0.163 e. The molecule has 0 N–H and O–H groups in total. The molecule has 16 heavy (non-hydrogen) atoms. The van der Waals surface area contributed by atoms with E-state index in [0.29, 0.717) is 0 Å². The van der Waals surface area contributed by atoms with E-state index in [1.54, 1.807) is 6.08 Å². The standard InChI is InChI=1S/C14H17NO/c1-15(2)10-9-13-12-6-4-3-5-11(12)7-8-14(13)16/h3-8,13H,9-10H2,1-2H3. The lowest BCUT2D eigenvalue weighted by molar-refractivity contribution is -0.116. The van der Waals surface area contributed by atoms with Crippen LogP contribution in [0.2, 0.25) is 0 Å². The number of hydrogen-bond donors (Lipinski definition) is 0. The van der Waals surface area contributed by atoms with E-state index < -0.39 is 0 Å². The number of carbonyl (C=O) groups is 1. The van der Waals surface area contributed by atoms with Crippen LogP contribution in [0.1, 0.15) is 23.5 Å². The fraction of sp³-hybridized carbons (Fsp3) is 0.357. The van der Waals surface area contributed by atoms with Crippen LogP contribution < -0.4 is 0 Å². The molecule has 0 saturated carbocycles. The van der Waals surface area contributed by atoms with E-state index in [4.69, 9.17) is 0 Å². The lowest BCUT2D eigenvalue weighted by Gasteiger charge is -2.22. The average Bonchev–Trinajstić information content (AvgIpc) is 2.27. The Morgan fingerprint density at radius 1 is 1.19 bits per heavy atom. The van der Waals surface area contributed by atoms with Gasteiger partial charge in [0.25, 0.3) is 0 Å². The summed E-state index contributed by atoms with van der Waals surface area (Å²) in [6, 6.07) is 8.16. The van der Waals surface area contributed by atoms with Gasteiger partial charge in [0.05, 0.1) is 0 Å². The Hall–Kier alpha value is -1.41. The first kappa shape index (κ1) is 11.1. The predicted octanol–water partition coefficient (Wildman–Crippen LogP) is 2.32. The summed E-state index contributed by atoms with van der Waals surface area (Å²) in [7, 11) is 4.07. The number of carbonyl (C=O) groups excluding carboxylic acids is 1. The van der Waals surface area contributed by atoms with Crippen LogP contribution in [-0.4, -0.2) is 31.3 Å². The molecule has 84 valence electrons. The molecule has 2 nitrogen and oxygen atoms in total. The van der Waals surface area contributed by atoms with Gasteiger partial charge in [-0.3, -0.25) is 4.79 Å². The molecule has 0 radical (unpaired) electrons. The fourth-order valence-corrected chi connectivity index (χ4v) is 2.11. The molecule has 1 aliphatic carbocycles. The molecule has 0 aliphatic heterocycles. The average molecular weight is 215 g/mol. The van der Waals surface area contributed by atoms with Gasteiger partial charge in [0.1, 0.15) is 0 Å². The van der Waals surface area contributed by atoms with E-state index >= 15 is 0 Å². The van der Waals surface area contributed by atoms with Crippen LogP contribution in [0, 0.1) is 0 Å². The minimum Gasteiger partial charge on any atom is -0.309 e. The van der Waals surface area contributed by atoms with Gasteiger partial charge in [-0.1, -0.05) is 30.3 Å². The lowest BCUT2D eigenvalue weighted by atomic mass is 9.84. The number of allylic oxidation sites excluding steroid dienone is 1. The van der Waals surface area contributed by atoms with Gasteiger partial charge in [-0.25, -0.2) is 0 Å². The summed E-state index contributed by atoms with van der Waals surface area (Å²) in [6.07, 6.45) is 4.53. The lowest BCUT2D eigenvalue weighted by Crippen LogP contribution is -2.21. The Balaban J connectivity index is 2.24. The van der Waals surface area contributed by atoms with Gasteiger partial charge in [-0.15, -0.1) is 0 Å². The molecule has 1 aromatic carbocycles. The van der Waals surface area contributed by atoms with E-state index in [-0.39, 0.29) is 11.7 Å². The summed E-state index contributed by atoms with van der Waals surface area (Å²) < 4.78 is 0. The summed E-state index contributed by atoms with van der Waals surface area (Å²) in [4.78, 5) is 14.0. The minimum absolute atomic E-state index is 0.0450. The summed E-state index contributed by atoms with van der Waals surface area (Å²) in [5.74, 6) is 0.282. The van der Waals surface area contributed by atoms with E-state index in [0.717, 1.165) is 13.0 Å². The summed E-state index contributed by atoms with van der Waals surface area (Å²) >= 11 is 0. The Kier molecular flexibility index (Phi) is 3.20. The Morgan fingerprint density at radius 2 is 1.94 bits per heavy atom. The first-order valence-electron chi connectivity index (χ1n) is 5.64. The maximum absolute atomic E-state index is 11.9. The van der Waals surface area contributed by atoms with Gasteiger partial charge in [0, 0.05) is 5.92 Å². The van der Waals surface area contributed by atoms with Gasteiger partial charge >= 0.3 is 0 Å². The number of rotatable bonds is 3. The number of ketones is 1. The second-order valence-corrected chi connectivity index (χ2v) is 4.51. The molecule has 1 aliphatic rings. The Labute approximate surface area is 96.6 Å². The zero-order valence-corrected chi connectivity index (χ0v) is 9.81. The molecule has 0 fully saturated rings. The highest BCUT2D eigenvalue weighted by Crippen LogP contribution is 2.29. The van der Waals surface area contributed by atoms with Crippen LogP contribution in [0.3, 0.4) is 0 Å². The Morgan fingerprint density at radius 3 is 2.69 bits per heavy atom. The van der Waals surface area contributed by atoms with Gasteiger partial charge in [0.15, 0.2) is 5.78 Å². The largest absolute Gasteiger partial charge is 0.309 e. The smallest absolute Gasteiger partial charge is 0.163 e. The molecule has 1 unspecified atom stereocenters. The summed E-state index contributed by atoms with van der Waals surface area (Å²) in [5, 5.41) is 0. The predicted molar refractivity (Wildman–Crippen MR) is 66.4 cm³/mol. The topological polar surface area (TPSA) is 20.3 Å². The molecule has 1 aromatic rings. The highest BCUT2D eigenvalue weighted by Gasteiger charge is 2.23. The summed E-state index contributed by atoms with van der Waals surface area (Å²) in [5.41, 5.74) is 2.36. The third-order valence-corrected chi connectivity index (χ3v) is 3.01. The number of benzene rings is 1. The van der Waals surface area contributed by atoms with E-state index in [9.17, 15) is 4.79 Å². The van der Waals surface area contributed by atoms with Crippen molar-refractivity contribution in [3.63, 3.8) is 0 Å². The van der Waals surface area contributed by atoms with Crippen LogP contribution in [-0.2, 0) is 4.79 Å². The second-order valence-electron chi connectivity index (χ2n) is 4.51. The summed E-state index contributed by atoms with van der Waals surface area (Å²) in [6.45, 7) is 0.943. The quantitative estimate of drug-likeness (QED) is 0.771. The van der Waals surface area contributed by atoms with Gasteiger partial charge in [-0.2, -0.15) is 0 Å². The van der Waals surface area contributed by atoms with Crippen molar-refractivity contribution < 1.29 is 4.79 Å². The molecule has 2 heteroatoms. The first-order chi connectivity index (χ1) is 7.68. The zero-order valence-electron chi connectivity index (χ0n) is 9.81. The van der Waals surface area contributed by atoms with Crippen molar-refractivity contribution >= 4 is 11.9 Å². The molecular weight excluding hydrogens is 198 g/mol. The molecule has 0 bridgehead atoms. The van der Waals surface area contributed by atoms with E-state index in [1.165, 1.54) is 11.1 Å². The highest BCUT2D eigenvalue weighted by atomic mass is 16.1. The molecule has 0 saturated heterocycles. The number of fused-ring (bicyclic) bond motifs is 1. The van der Waals surface area contributed by atoms with Crippen LogP contribution in [0.25, 0.3) is 6.08 Å². The van der Waals surface area contributed by atoms with Crippen molar-refractivity contribution in [3.05, 3.63) is 41.5 Å². The third kappa shape index (κ3) is 2.22. The molecular formula is C14H17NO. The van der Waals surface area contributed by atoms with Crippen molar-refractivity contribution in [3.8, 4) is 0 Å². The van der Waals surface area contributed by atoms with Crippen molar-refractivity contribution in [1.82, 2.24) is 4.90 Å². The molecule has 1 atom stereocenters. The normalized spacial score (nSPS) is 18.9. The van der Waals surface area contributed by atoms with Gasteiger partial charge in [0.2, 0.25) is 0 Å². The van der Waals surface area contributed by atoms with E-state index in [1.807, 2.05) is 32.3 Å². The van der Waals surface area contributed by atoms with Crippen molar-refractivity contribution in [1.29, 1.82) is 0 Å². The fourth-order valence-electron chi connectivity index (χ4n) is 2.11. The van der Waals surface area contributed by atoms with Crippen LogP contribution in [0.5, 0.6) is 0 Å².